The second kappa shape index (κ2) is 7.66. The van der Waals surface area contributed by atoms with Crippen molar-refractivity contribution < 1.29 is 4.79 Å². The number of hydrogen-bond acceptors (Lipinski definition) is 4. The summed E-state index contributed by atoms with van der Waals surface area (Å²) in [4.78, 5) is 23.8. The Labute approximate surface area is 172 Å². The minimum atomic E-state index is -0.100. The molecule has 0 N–H and O–H groups in total. The fourth-order valence-electron chi connectivity index (χ4n) is 3.07. The Morgan fingerprint density at radius 3 is 2.89 bits per heavy atom. The van der Waals surface area contributed by atoms with Crippen molar-refractivity contribution in [2.24, 2.45) is 12.0 Å². The van der Waals surface area contributed by atoms with E-state index in [-0.39, 0.29) is 5.91 Å². The maximum absolute atomic E-state index is 13.0. The van der Waals surface area contributed by atoms with E-state index < -0.39 is 0 Å². The minimum Gasteiger partial charge on any atom is -0.350 e. The molecule has 3 aromatic rings. The number of benzene rings is 1. The Bertz CT molecular complexity index is 1150. The van der Waals surface area contributed by atoms with E-state index in [9.17, 15) is 4.79 Å². The van der Waals surface area contributed by atoms with Gasteiger partial charge in [-0.15, -0.1) is 6.58 Å². The predicted octanol–water partition coefficient (Wildman–Crippen LogP) is 5.02. The maximum Gasteiger partial charge on any atom is 0.267 e. The third kappa shape index (κ3) is 3.37. The Kier molecular flexibility index (Phi) is 5.07. The SMILES string of the molecule is C=CCN1C(=O)/C(=C/c2cn(C)c3ccccc23)SC1=Nc1cccnc1Cl. The van der Waals surface area contributed by atoms with Crippen LogP contribution in [0.3, 0.4) is 0 Å². The van der Waals surface area contributed by atoms with Gasteiger partial charge in [0, 0.05) is 42.5 Å². The van der Waals surface area contributed by atoms with Crippen molar-refractivity contribution in [3.63, 3.8) is 0 Å². The molecule has 0 atom stereocenters. The zero-order valence-electron chi connectivity index (χ0n) is 15.2. The van der Waals surface area contributed by atoms with Crippen LogP contribution >= 0.6 is 23.4 Å². The van der Waals surface area contributed by atoms with E-state index in [4.69, 9.17) is 11.6 Å². The van der Waals surface area contributed by atoms with Gasteiger partial charge in [0.05, 0.1) is 4.91 Å². The summed E-state index contributed by atoms with van der Waals surface area (Å²) in [5.74, 6) is -0.100. The predicted molar refractivity (Wildman–Crippen MR) is 117 cm³/mol. The fourth-order valence-corrected chi connectivity index (χ4v) is 4.23. The molecular weight excluding hydrogens is 392 g/mol. The largest absolute Gasteiger partial charge is 0.350 e. The Hall–Kier alpha value is -2.83. The third-order valence-electron chi connectivity index (χ3n) is 4.37. The Morgan fingerprint density at radius 1 is 1.29 bits per heavy atom. The summed E-state index contributed by atoms with van der Waals surface area (Å²) >= 11 is 7.46. The number of fused-ring (bicyclic) bond motifs is 1. The fraction of sp³-hybridized carbons (Fsp3) is 0.0952. The van der Waals surface area contributed by atoms with Gasteiger partial charge in [-0.05, 0) is 36.0 Å². The standard InChI is InChI=1S/C21H17ClN4OS/c1-3-11-26-20(27)18(28-21(26)24-16-8-6-10-23-19(16)22)12-14-13-25(2)17-9-5-4-7-15(14)17/h3-10,12-13H,1,11H2,2H3/b18-12-,24-21?. The summed E-state index contributed by atoms with van der Waals surface area (Å²) in [6.45, 7) is 4.12. The van der Waals surface area contributed by atoms with Crippen molar-refractivity contribution in [2.45, 2.75) is 0 Å². The highest BCUT2D eigenvalue weighted by molar-refractivity contribution is 8.18. The van der Waals surface area contributed by atoms with E-state index in [2.05, 4.69) is 33.3 Å². The molecule has 0 saturated carbocycles. The van der Waals surface area contributed by atoms with Crippen LogP contribution in [-0.2, 0) is 11.8 Å². The monoisotopic (exact) mass is 408 g/mol. The molecule has 0 bridgehead atoms. The number of nitrogens with zero attached hydrogens (tertiary/aromatic N) is 4. The summed E-state index contributed by atoms with van der Waals surface area (Å²) in [6.07, 6.45) is 7.22. The van der Waals surface area contributed by atoms with Gasteiger partial charge in [-0.3, -0.25) is 9.69 Å². The summed E-state index contributed by atoms with van der Waals surface area (Å²) in [6, 6.07) is 11.6. The van der Waals surface area contributed by atoms with Crippen molar-refractivity contribution in [3.8, 4) is 0 Å². The lowest BCUT2D eigenvalue weighted by molar-refractivity contribution is -0.121. The van der Waals surface area contributed by atoms with Gasteiger partial charge in [0.1, 0.15) is 5.69 Å². The molecule has 1 aromatic carbocycles. The number of aryl methyl sites for hydroxylation is 1. The lowest BCUT2D eigenvalue weighted by atomic mass is 10.1. The van der Waals surface area contributed by atoms with Crippen LogP contribution in [0.1, 0.15) is 5.56 Å². The zero-order chi connectivity index (χ0) is 19.7. The van der Waals surface area contributed by atoms with E-state index in [0.717, 1.165) is 16.5 Å². The number of aromatic nitrogens is 2. The zero-order valence-corrected chi connectivity index (χ0v) is 16.7. The Balaban J connectivity index is 1.76. The number of carbonyl (C=O) groups is 1. The molecule has 0 unspecified atom stereocenters. The molecule has 4 rings (SSSR count). The topological polar surface area (TPSA) is 50.5 Å². The molecule has 7 heteroatoms. The molecule has 140 valence electrons. The van der Waals surface area contributed by atoms with Gasteiger partial charge in [0.15, 0.2) is 10.3 Å². The first-order valence-corrected chi connectivity index (χ1v) is 9.83. The summed E-state index contributed by atoms with van der Waals surface area (Å²) < 4.78 is 2.05. The number of aliphatic imine (C=N–C) groups is 1. The van der Waals surface area contributed by atoms with Crippen LogP contribution in [0.25, 0.3) is 17.0 Å². The minimum absolute atomic E-state index is 0.100. The van der Waals surface area contributed by atoms with Gasteiger partial charge in [-0.1, -0.05) is 35.9 Å². The normalized spacial score (nSPS) is 17.2. The van der Waals surface area contributed by atoms with Crippen LogP contribution in [0.2, 0.25) is 5.15 Å². The molecule has 5 nitrogen and oxygen atoms in total. The number of amides is 1. The van der Waals surface area contributed by atoms with Crippen LogP contribution in [0, 0.1) is 0 Å². The molecular formula is C21H17ClN4OS. The quantitative estimate of drug-likeness (QED) is 0.346. The van der Waals surface area contributed by atoms with Crippen molar-refractivity contribution >= 4 is 57.1 Å². The molecule has 1 fully saturated rings. The number of hydrogen-bond donors (Lipinski definition) is 0. The van der Waals surface area contributed by atoms with E-state index in [1.165, 1.54) is 11.8 Å². The molecule has 0 aliphatic carbocycles. The van der Waals surface area contributed by atoms with Gasteiger partial charge in [-0.2, -0.15) is 0 Å². The van der Waals surface area contributed by atoms with Crippen LogP contribution in [0.15, 0.2) is 71.3 Å². The van der Waals surface area contributed by atoms with Crippen LogP contribution in [0.5, 0.6) is 0 Å². The van der Waals surface area contributed by atoms with Gasteiger partial charge in [0.25, 0.3) is 5.91 Å². The first-order valence-electron chi connectivity index (χ1n) is 8.64. The van der Waals surface area contributed by atoms with Crippen LogP contribution < -0.4 is 0 Å². The van der Waals surface area contributed by atoms with E-state index in [0.29, 0.717) is 27.5 Å². The maximum atomic E-state index is 13.0. The molecule has 1 aliphatic rings. The lowest BCUT2D eigenvalue weighted by Crippen LogP contribution is -2.29. The average molecular weight is 409 g/mol. The van der Waals surface area contributed by atoms with Crippen LogP contribution in [0.4, 0.5) is 5.69 Å². The molecule has 3 heterocycles. The van der Waals surface area contributed by atoms with Gasteiger partial charge < -0.3 is 4.57 Å². The summed E-state index contributed by atoms with van der Waals surface area (Å²) in [5.41, 5.74) is 2.64. The van der Waals surface area contributed by atoms with Gasteiger partial charge in [-0.25, -0.2) is 9.98 Å². The third-order valence-corrected chi connectivity index (χ3v) is 5.67. The first-order chi connectivity index (χ1) is 13.6. The second-order valence-electron chi connectivity index (χ2n) is 6.24. The van der Waals surface area contributed by atoms with E-state index in [1.54, 1.807) is 29.3 Å². The smallest absolute Gasteiger partial charge is 0.267 e. The van der Waals surface area contributed by atoms with E-state index >= 15 is 0 Å². The Morgan fingerprint density at radius 2 is 2.11 bits per heavy atom. The molecule has 1 aliphatic heterocycles. The molecule has 0 spiro atoms. The highest BCUT2D eigenvalue weighted by atomic mass is 35.5. The first kappa shape index (κ1) is 18.5. The van der Waals surface area contributed by atoms with E-state index in [1.807, 2.05) is 31.5 Å². The second-order valence-corrected chi connectivity index (χ2v) is 7.60. The highest BCUT2D eigenvalue weighted by Gasteiger charge is 2.33. The molecule has 0 radical (unpaired) electrons. The number of amidine groups is 1. The number of thioether (sulfide) groups is 1. The number of pyridine rings is 1. The number of para-hydroxylation sites is 1. The summed E-state index contributed by atoms with van der Waals surface area (Å²) in [7, 11) is 2.00. The molecule has 28 heavy (non-hydrogen) atoms. The van der Waals surface area contributed by atoms with Crippen molar-refractivity contribution in [1.29, 1.82) is 0 Å². The lowest BCUT2D eigenvalue weighted by Gasteiger charge is -2.12. The van der Waals surface area contributed by atoms with Gasteiger partial charge in [0.2, 0.25) is 0 Å². The number of rotatable bonds is 4. The summed E-state index contributed by atoms with van der Waals surface area (Å²) in [5, 5.41) is 1.96. The highest BCUT2D eigenvalue weighted by Crippen LogP contribution is 2.36. The molecule has 2 aromatic heterocycles. The van der Waals surface area contributed by atoms with Crippen molar-refractivity contribution in [3.05, 3.63) is 77.1 Å². The molecule has 1 saturated heterocycles. The van der Waals surface area contributed by atoms with Crippen molar-refractivity contribution in [1.82, 2.24) is 14.5 Å². The average Bonchev–Trinajstić information content (AvgIpc) is 3.16. The van der Waals surface area contributed by atoms with Crippen molar-refractivity contribution in [2.75, 3.05) is 6.54 Å². The van der Waals surface area contributed by atoms with Gasteiger partial charge >= 0.3 is 0 Å². The van der Waals surface area contributed by atoms with Crippen LogP contribution in [-0.4, -0.2) is 32.1 Å². The number of carbonyl (C=O) groups excluding carboxylic acids is 1. The molecule has 1 amide bonds. The number of halogens is 1.